The minimum absolute atomic E-state index is 0.274. The molecule has 1 fully saturated rings. The predicted molar refractivity (Wildman–Crippen MR) is 85.9 cm³/mol. The van der Waals surface area contributed by atoms with Crippen molar-refractivity contribution >= 4 is 17.2 Å². The molecule has 1 saturated heterocycles. The molecule has 0 saturated carbocycles. The number of ether oxygens (including phenoxy) is 1. The van der Waals surface area contributed by atoms with Crippen molar-refractivity contribution in [2.24, 2.45) is 0 Å². The van der Waals surface area contributed by atoms with Crippen molar-refractivity contribution in [3.63, 3.8) is 0 Å². The molecule has 0 radical (unpaired) electrons. The van der Waals surface area contributed by atoms with Crippen molar-refractivity contribution in [3.8, 4) is 11.3 Å². The van der Waals surface area contributed by atoms with E-state index in [0.717, 1.165) is 43.1 Å². The predicted octanol–water partition coefficient (Wildman–Crippen LogP) is 1.82. The van der Waals surface area contributed by atoms with Gasteiger partial charge in [0.25, 0.3) is 0 Å². The molecule has 0 unspecified atom stereocenters. The molecule has 0 bridgehead atoms. The molecule has 3 heterocycles. The minimum Gasteiger partial charge on any atom is -0.378 e. The average Bonchev–Trinajstić information content (AvgIpc) is 3.03. The van der Waals surface area contributed by atoms with Gasteiger partial charge in [-0.15, -0.1) is 5.10 Å². The molecule has 1 aliphatic heterocycles. The van der Waals surface area contributed by atoms with Gasteiger partial charge in [0.2, 0.25) is 5.95 Å². The number of aromatic nitrogens is 3. The summed E-state index contributed by atoms with van der Waals surface area (Å²) in [5.41, 5.74) is 9.85. The number of nitrogens with two attached hydrogens (primary N) is 1. The second-order valence-corrected chi connectivity index (χ2v) is 5.30. The van der Waals surface area contributed by atoms with Crippen LogP contribution >= 0.6 is 0 Å². The fourth-order valence-corrected chi connectivity index (χ4v) is 2.82. The van der Waals surface area contributed by atoms with Gasteiger partial charge in [-0.05, 0) is 24.3 Å². The monoisotopic (exact) mass is 295 g/mol. The van der Waals surface area contributed by atoms with Crippen LogP contribution in [-0.4, -0.2) is 40.9 Å². The van der Waals surface area contributed by atoms with Gasteiger partial charge < -0.3 is 15.4 Å². The summed E-state index contributed by atoms with van der Waals surface area (Å²) in [5.74, 6) is 0.274. The smallest absolute Gasteiger partial charge is 0.238 e. The fourth-order valence-electron chi connectivity index (χ4n) is 2.82. The zero-order valence-corrected chi connectivity index (χ0v) is 12.1. The van der Waals surface area contributed by atoms with Crippen LogP contribution in [0.25, 0.3) is 16.8 Å². The number of anilines is 2. The maximum atomic E-state index is 5.80. The number of nitrogens with zero attached hydrogens (tertiary/aromatic N) is 4. The Morgan fingerprint density at radius 1 is 1.05 bits per heavy atom. The van der Waals surface area contributed by atoms with Crippen molar-refractivity contribution in [2.75, 3.05) is 36.9 Å². The van der Waals surface area contributed by atoms with E-state index in [1.54, 1.807) is 4.52 Å². The van der Waals surface area contributed by atoms with Gasteiger partial charge in [0, 0.05) is 30.5 Å². The number of nitrogen functional groups attached to an aromatic ring is 1. The van der Waals surface area contributed by atoms with Crippen molar-refractivity contribution in [1.29, 1.82) is 0 Å². The van der Waals surface area contributed by atoms with Crippen molar-refractivity contribution in [3.05, 3.63) is 42.6 Å². The molecule has 2 aromatic heterocycles. The summed E-state index contributed by atoms with van der Waals surface area (Å²) in [6.07, 6.45) is 1.87. The van der Waals surface area contributed by atoms with E-state index < -0.39 is 0 Å². The van der Waals surface area contributed by atoms with E-state index in [9.17, 15) is 0 Å². The summed E-state index contributed by atoms with van der Waals surface area (Å²) in [6, 6.07) is 12.3. The summed E-state index contributed by atoms with van der Waals surface area (Å²) in [6.45, 7) is 3.44. The average molecular weight is 295 g/mol. The first kappa shape index (κ1) is 13.1. The van der Waals surface area contributed by atoms with E-state index in [2.05, 4.69) is 39.2 Å². The number of rotatable bonds is 2. The standard InChI is InChI=1S/C16H17N5O/c17-16-18-15(14-2-1-7-21(14)19-16)12-3-5-13(6-4-12)20-8-10-22-11-9-20/h1-7H,8-11H2,(H2,17,19). The molecule has 0 spiro atoms. The maximum Gasteiger partial charge on any atom is 0.238 e. The lowest BCUT2D eigenvalue weighted by Crippen LogP contribution is -2.36. The van der Waals surface area contributed by atoms with Crippen molar-refractivity contribution < 1.29 is 4.74 Å². The highest BCUT2D eigenvalue weighted by molar-refractivity contribution is 5.78. The van der Waals surface area contributed by atoms with Crippen LogP contribution in [0.5, 0.6) is 0 Å². The Kier molecular flexibility index (Phi) is 3.16. The molecule has 6 nitrogen and oxygen atoms in total. The van der Waals surface area contributed by atoms with Crippen molar-refractivity contribution in [1.82, 2.24) is 14.6 Å². The molecular weight excluding hydrogens is 278 g/mol. The SMILES string of the molecule is Nc1nc(-c2ccc(N3CCOCC3)cc2)c2cccn2n1. The van der Waals surface area contributed by atoms with E-state index in [1.165, 1.54) is 5.69 Å². The molecule has 112 valence electrons. The second kappa shape index (κ2) is 5.31. The molecule has 4 rings (SSSR count). The Labute approximate surface area is 128 Å². The fraction of sp³-hybridized carbons (Fsp3) is 0.250. The van der Waals surface area contributed by atoms with Crippen LogP contribution in [0.4, 0.5) is 11.6 Å². The van der Waals surface area contributed by atoms with Gasteiger partial charge in [-0.1, -0.05) is 12.1 Å². The minimum atomic E-state index is 0.274. The van der Waals surface area contributed by atoms with Gasteiger partial charge in [0.1, 0.15) is 0 Å². The molecule has 2 N–H and O–H groups in total. The van der Waals surface area contributed by atoms with Gasteiger partial charge in [0.05, 0.1) is 24.4 Å². The molecule has 1 aliphatic rings. The quantitative estimate of drug-likeness (QED) is 0.781. The van der Waals surface area contributed by atoms with Gasteiger partial charge in [-0.3, -0.25) is 0 Å². The second-order valence-electron chi connectivity index (χ2n) is 5.30. The zero-order chi connectivity index (χ0) is 14.9. The molecule has 1 aromatic carbocycles. The largest absolute Gasteiger partial charge is 0.378 e. The third-order valence-electron chi connectivity index (χ3n) is 3.92. The van der Waals surface area contributed by atoms with Crippen LogP contribution in [0.1, 0.15) is 0 Å². The Morgan fingerprint density at radius 3 is 2.59 bits per heavy atom. The topological polar surface area (TPSA) is 68.7 Å². The number of benzene rings is 1. The Hall–Kier alpha value is -2.60. The third kappa shape index (κ3) is 2.27. The van der Waals surface area contributed by atoms with E-state index in [1.807, 2.05) is 18.3 Å². The molecule has 3 aromatic rings. The maximum absolute atomic E-state index is 5.80. The van der Waals surface area contributed by atoms with Gasteiger partial charge >= 0.3 is 0 Å². The Balaban J connectivity index is 1.71. The van der Waals surface area contributed by atoms with E-state index >= 15 is 0 Å². The van der Waals surface area contributed by atoms with Crippen LogP contribution in [0.15, 0.2) is 42.6 Å². The molecule has 0 aliphatic carbocycles. The third-order valence-corrected chi connectivity index (χ3v) is 3.92. The van der Waals surface area contributed by atoms with Crippen LogP contribution in [0, 0.1) is 0 Å². The summed E-state index contributed by atoms with van der Waals surface area (Å²) in [4.78, 5) is 6.73. The highest BCUT2D eigenvalue weighted by Crippen LogP contribution is 2.26. The Morgan fingerprint density at radius 2 is 1.82 bits per heavy atom. The van der Waals surface area contributed by atoms with Gasteiger partial charge in [0.15, 0.2) is 0 Å². The first-order valence-electron chi connectivity index (χ1n) is 7.35. The van der Waals surface area contributed by atoms with Crippen LogP contribution in [-0.2, 0) is 4.74 Å². The van der Waals surface area contributed by atoms with Crippen LogP contribution < -0.4 is 10.6 Å². The van der Waals surface area contributed by atoms with Crippen molar-refractivity contribution in [2.45, 2.75) is 0 Å². The van der Waals surface area contributed by atoms with Gasteiger partial charge in [-0.25, -0.2) is 9.50 Å². The first-order valence-corrected chi connectivity index (χ1v) is 7.35. The highest BCUT2D eigenvalue weighted by atomic mass is 16.5. The number of morpholine rings is 1. The molecule has 0 amide bonds. The molecule has 0 atom stereocenters. The Bertz CT molecular complexity index is 790. The lowest BCUT2D eigenvalue weighted by molar-refractivity contribution is 0.122. The van der Waals surface area contributed by atoms with E-state index in [-0.39, 0.29) is 5.95 Å². The highest BCUT2D eigenvalue weighted by Gasteiger charge is 2.12. The number of hydrogen-bond acceptors (Lipinski definition) is 5. The van der Waals surface area contributed by atoms with E-state index in [4.69, 9.17) is 10.5 Å². The number of hydrogen-bond donors (Lipinski definition) is 1. The number of fused-ring (bicyclic) bond motifs is 1. The van der Waals surface area contributed by atoms with E-state index in [0.29, 0.717) is 0 Å². The van der Waals surface area contributed by atoms with Crippen LogP contribution in [0.2, 0.25) is 0 Å². The zero-order valence-electron chi connectivity index (χ0n) is 12.1. The van der Waals surface area contributed by atoms with Crippen LogP contribution in [0.3, 0.4) is 0 Å². The molecule has 6 heteroatoms. The lowest BCUT2D eigenvalue weighted by Gasteiger charge is -2.28. The summed E-state index contributed by atoms with van der Waals surface area (Å²) >= 11 is 0. The molecular formula is C16H17N5O. The summed E-state index contributed by atoms with van der Waals surface area (Å²) in [7, 11) is 0. The summed E-state index contributed by atoms with van der Waals surface area (Å²) in [5, 5.41) is 4.17. The molecule has 22 heavy (non-hydrogen) atoms. The van der Waals surface area contributed by atoms with Gasteiger partial charge in [-0.2, -0.15) is 0 Å². The summed E-state index contributed by atoms with van der Waals surface area (Å²) < 4.78 is 7.15. The first-order chi connectivity index (χ1) is 10.8. The lowest BCUT2D eigenvalue weighted by atomic mass is 10.1. The normalized spacial score (nSPS) is 15.4.